The minimum Gasteiger partial charge on any atom is -0.464 e. The average Bonchev–Trinajstić information content (AvgIpc) is 2.87. The summed E-state index contributed by atoms with van der Waals surface area (Å²) in [6, 6.07) is 11.4. The van der Waals surface area contributed by atoms with Crippen molar-refractivity contribution in [3.8, 4) is 0 Å². The van der Waals surface area contributed by atoms with Gasteiger partial charge in [0.1, 0.15) is 17.6 Å². The maximum atomic E-state index is 6.14. The number of furan rings is 1. The topological polar surface area (TPSA) is 48.4 Å². The van der Waals surface area contributed by atoms with Gasteiger partial charge in [-0.2, -0.15) is 0 Å². The first-order valence-electron chi connectivity index (χ1n) is 6.78. The highest BCUT2D eigenvalue weighted by Gasteiger charge is 2.22. The molecular formula is C16H20ClNO2. The Morgan fingerprint density at radius 3 is 2.45 bits per heavy atom. The predicted molar refractivity (Wildman–Crippen MR) is 80.7 cm³/mol. The Kier molecular flexibility index (Phi) is 5.24. The summed E-state index contributed by atoms with van der Waals surface area (Å²) in [6.07, 6.45) is 0.592. The number of hydrogen-bond acceptors (Lipinski definition) is 3. The predicted octanol–water partition coefficient (Wildman–Crippen LogP) is 4.24. The Labute approximate surface area is 124 Å². The molecule has 0 bridgehead atoms. The van der Waals surface area contributed by atoms with Crippen LogP contribution in [0, 0.1) is 6.92 Å². The van der Waals surface area contributed by atoms with Gasteiger partial charge in [-0.1, -0.05) is 30.7 Å². The summed E-state index contributed by atoms with van der Waals surface area (Å²) in [5.74, 6) is 1.65. The van der Waals surface area contributed by atoms with Gasteiger partial charge >= 0.3 is 0 Å². The minimum absolute atomic E-state index is 0.0900. The van der Waals surface area contributed by atoms with Crippen molar-refractivity contribution >= 4 is 11.6 Å². The first-order chi connectivity index (χ1) is 9.60. The summed E-state index contributed by atoms with van der Waals surface area (Å²) in [7, 11) is 0. The zero-order valence-corrected chi connectivity index (χ0v) is 12.6. The molecule has 0 radical (unpaired) electrons. The molecule has 0 aliphatic rings. The molecule has 3 nitrogen and oxygen atoms in total. The summed E-state index contributed by atoms with van der Waals surface area (Å²) in [5.41, 5.74) is 7.20. The van der Waals surface area contributed by atoms with Crippen molar-refractivity contribution < 1.29 is 9.15 Å². The first kappa shape index (κ1) is 15.1. The van der Waals surface area contributed by atoms with Crippen LogP contribution in [0.5, 0.6) is 0 Å². The van der Waals surface area contributed by atoms with Crippen LogP contribution in [-0.4, -0.2) is 6.04 Å². The highest BCUT2D eigenvalue weighted by atomic mass is 35.5. The zero-order valence-electron chi connectivity index (χ0n) is 11.8. The van der Waals surface area contributed by atoms with Crippen LogP contribution in [-0.2, 0) is 11.3 Å². The highest BCUT2D eigenvalue weighted by molar-refractivity contribution is 6.30. The van der Waals surface area contributed by atoms with Gasteiger partial charge in [-0.15, -0.1) is 0 Å². The van der Waals surface area contributed by atoms with E-state index in [-0.39, 0.29) is 12.1 Å². The molecule has 0 amide bonds. The molecule has 108 valence electrons. The third kappa shape index (κ3) is 3.85. The van der Waals surface area contributed by atoms with E-state index < -0.39 is 0 Å². The second-order valence-corrected chi connectivity index (χ2v) is 5.32. The number of rotatable bonds is 6. The molecule has 2 N–H and O–H groups in total. The lowest BCUT2D eigenvalue weighted by Gasteiger charge is -2.21. The van der Waals surface area contributed by atoms with Crippen LogP contribution < -0.4 is 5.73 Å². The Morgan fingerprint density at radius 2 is 1.90 bits per heavy atom. The Balaban J connectivity index is 2.06. The molecule has 0 aliphatic carbocycles. The van der Waals surface area contributed by atoms with Crippen molar-refractivity contribution in [1.82, 2.24) is 0 Å². The van der Waals surface area contributed by atoms with Crippen LogP contribution in [0.3, 0.4) is 0 Å². The molecule has 0 fully saturated rings. The van der Waals surface area contributed by atoms with E-state index in [0.29, 0.717) is 6.61 Å². The van der Waals surface area contributed by atoms with Gasteiger partial charge < -0.3 is 14.9 Å². The van der Waals surface area contributed by atoms with Gasteiger partial charge in [0.15, 0.2) is 0 Å². The largest absolute Gasteiger partial charge is 0.464 e. The maximum Gasteiger partial charge on any atom is 0.134 e. The molecule has 0 saturated heterocycles. The molecule has 2 rings (SSSR count). The molecule has 1 heterocycles. The average molecular weight is 294 g/mol. The standard InChI is InChI=1S/C16H20ClNO2/c1-3-14(18)16(15-9-4-11(2)20-15)19-10-12-5-7-13(17)8-6-12/h4-9,14,16H,3,10,18H2,1-2H3. The lowest BCUT2D eigenvalue weighted by atomic mass is 10.1. The van der Waals surface area contributed by atoms with Gasteiger partial charge in [0.2, 0.25) is 0 Å². The second-order valence-electron chi connectivity index (χ2n) is 4.88. The SMILES string of the molecule is CCC(N)C(OCc1ccc(Cl)cc1)c1ccc(C)o1. The minimum atomic E-state index is -0.232. The molecule has 0 spiro atoms. The van der Waals surface area contributed by atoms with Gasteiger partial charge in [-0.3, -0.25) is 0 Å². The number of halogens is 1. The Hall–Kier alpha value is -1.29. The molecule has 4 heteroatoms. The highest BCUT2D eigenvalue weighted by Crippen LogP contribution is 2.25. The molecule has 0 saturated carbocycles. The molecular weight excluding hydrogens is 274 g/mol. The molecule has 0 aliphatic heterocycles. The van der Waals surface area contributed by atoms with Crippen LogP contribution in [0.4, 0.5) is 0 Å². The lowest BCUT2D eigenvalue weighted by molar-refractivity contribution is 0.00704. The summed E-state index contributed by atoms with van der Waals surface area (Å²) in [6.45, 7) is 4.44. The van der Waals surface area contributed by atoms with Crippen LogP contribution in [0.25, 0.3) is 0 Å². The van der Waals surface area contributed by atoms with E-state index in [1.807, 2.05) is 50.2 Å². The fourth-order valence-electron chi connectivity index (χ4n) is 2.00. The van der Waals surface area contributed by atoms with Crippen molar-refractivity contribution in [3.05, 3.63) is 58.5 Å². The summed E-state index contributed by atoms with van der Waals surface area (Å²) >= 11 is 5.87. The molecule has 1 aromatic heterocycles. The van der Waals surface area contributed by atoms with E-state index in [0.717, 1.165) is 28.5 Å². The van der Waals surface area contributed by atoms with Gasteiger partial charge in [-0.25, -0.2) is 0 Å². The van der Waals surface area contributed by atoms with E-state index in [1.165, 1.54) is 0 Å². The van der Waals surface area contributed by atoms with Crippen molar-refractivity contribution in [2.45, 2.75) is 39.0 Å². The summed E-state index contributed by atoms with van der Waals surface area (Å²) in [4.78, 5) is 0. The van der Waals surface area contributed by atoms with Gasteiger partial charge in [0.05, 0.1) is 6.61 Å². The summed E-state index contributed by atoms with van der Waals surface area (Å²) < 4.78 is 11.6. The zero-order chi connectivity index (χ0) is 14.5. The molecule has 1 aromatic carbocycles. The van der Waals surface area contributed by atoms with Crippen molar-refractivity contribution in [1.29, 1.82) is 0 Å². The van der Waals surface area contributed by atoms with Crippen molar-refractivity contribution in [2.75, 3.05) is 0 Å². The summed E-state index contributed by atoms with van der Waals surface area (Å²) in [5, 5.41) is 0.720. The molecule has 2 unspecified atom stereocenters. The molecule has 20 heavy (non-hydrogen) atoms. The quantitative estimate of drug-likeness (QED) is 0.867. The third-order valence-electron chi connectivity index (χ3n) is 3.24. The van der Waals surface area contributed by atoms with Crippen LogP contribution in [0.2, 0.25) is 5.02 Å². The Bertz CT molecular complexity index is 536. The monoisotopic (exact) mass is 293 g/mol. The van der Waals surface area contributed by atoms with Gasteiger partial charge in [-0.05, 0) is 43.2 Å². The van der Waals surface area contributed by atoms with Gasteiger partial charge in [0.25, 0.3) is 0 Å². The fraction of sp³-hybridized carbons (Fsp3) is 0.375. The van der Waals surface area contributed by atoms with Gasteiger partial charge in [0, 0.05) is 11.1 Å². The van der Waals surface area contributed by atoms with E-state index in [1.54, 1.807) is 0 Å². The molecule has 2 atom stereocenters. The van der Waals surface area contributed by atoms with Crippen molar-refractivity contribution in [2.24, 2.45) is 5.73 Å². The lowest BCUT2D eigenvalue weighted by Crippen LogP contribution is -2.29. The van der Waals surface area contributed by atoms with Crippen molar-refractivity contribution in [3.63, 3.8) is 0 Å². The second kappa shape index (κ2) is 6.93. The number of ether oxygens (including phenoxy) is 1. The van der Waals surface area contributed by atoms with Crippen LogP contribution in [0.15, 0.2) is 40.8 Å². The fourth-order valence-corrected chi connectivity index (χ4v) is 2.13. The van der Waals surface area contributed by atoms with E-state index in [9.17, 15) is 0 Å². The van der Waals surface area contributed by atoms with E-state index in [4.69, 9.17) is 26.5 Å². The number of benzene rings is 1. The Morgan fingerprint density at radius 1 is 1.20 bits per heavy atom. The van der Waals surface area contributed by atoms with Crippen LogP contribution in [0.1, 0.15) is 36.5 Å². The van der Waals surface area contributed by atoms with Crippen LogP contribution >= 0.6 is 11.6 Å². The number of aryl methyl sites for hydroxylation is 1. The first-order valence-corrected chi connectivity index (χ1v) is 7.16. The molecule has 2 aromatic rings. The maximum absolute atomic E-state index is 6.14. The van der Waals surface area contributed by atoms with E-state index in [2.05, 4.69) is 0 Å². The number of hydrogen-bond donors (Lipinski definition) is 1. The third-order valence-corrected chi connectivity index (χ3v) is 3.50. The normalized spacial score (nSPS) is 14.2. The van der Waals surface area contributed by atoms with E-state index >= 15 is 0 Å². The smallest absolute Gasteiger partial charge is 0.134 e. The number of nitrogens with two attached hydrogens (primary N) is 1.